The zero-order chi connectivity index (χ0) is 39.7. The molecule has 3 aliphatic rings. The van der Waals surface area contributed by atoms with Crippen LogP contribution in [0.5, 0.6) is 11.5 Å². The van der Waals surface area contributed by atoms with Crippen LogP contribution < -0.4 is 14.9 Å². The van der Waals surface area contributed by atoms with E-state index < -0.39 is 38.3 Å². The Bertz CT molecular complexity index is 1510. The van der Waals surface area contributed by atoms with Crippen LogP contribution in [0.25, 0.3) is 0 Å². The summed E-state index contributed by atoms with van der Waals surface area (Å²) >= 11 is 3.24. The second-order valence-corrected chi connectivity index (χ2v) is 16.5. The number of carbonyl (C=O) groups excluding carboxylic acids is 2. The molecule has 0 amide bonds. The van der Waals surface area contributed by atoms with E-state index in [1.54, 1.807) is 50.6 Å². The van der Waals surface area contributed by atoms with E-state index in [2.05, 4.69) is 20.7 Å². The first kappa shape index (κ1) is 46.6. The van der Waals surface area contributed by atoms with Crippen molar-refractivity contribution in [1.82, 2.24) is 0 Å². The van der Waals surface area contributed by atoms with Crippen LogP contribution in [0.15, 0.2) is 40.9 Å². The van der Waals surface area contributed by atoms with Gasteiger partial charge in [-0.3, -0.25) is 0 Å². The number of carbonyl (C=O) groups is 2. The van der Waals surface area contributed by atoms with Crippen LogP contribution in [0.4, 0.5) is 0 Å². The maximum absolute atomic E-state index is 12.0. The summed E-state index contributed by atoms with van der Waals surface area (Å²) in [5, 5.41) is 0. The second kappa shape index (κ2) is 17.1. The molecular formula is C37H57B3BrO12-. The molecule has 2 aromatic carbocycles. The van der Waals surface area contributed by atoms with E-state index in [1.165, 1.54) is 14.2 Å². The van der Waals surface area contributed by atoms with Gasteiger partial charge in [-0.15, -0.1) is 0 Å². The van der Waals surface area contributed by atoms with Gasteiger partial charge in [-0.05, 0) is 135 Å². The Balaban J connectivity index is 0.000000280. The molecule has 53 heavy (non-hydrogen) atoms. The SMILES string of the molecule is CC1(C)OB(B2OC(C)(C)C(C)(C)O2)OC1(C)C.COC(=O)c1cc(OC)ccc1B1OC(C)(C)C(C)(C)O1.COC(=O)c1cc(OC)ccc1Br.[CH3-]. The first-order chi connectivity index (χ1) is 23.8. The molecule has 3 aliphatic heterocycles. The van der Waals surface area contributed by atoms with Gasteiger partial charge in [0.1, 0.15) is 11.5 Å². The Morgan fingerprint density at radius 3 is 1.21 bits per heavy atom. The summed E-state index contributed by atoms with van der Waals surface area (Å²) in [6.45, 7) is 24.1. The van der Waals surface area contributed by atoms with Crippen molar-refractivity contribution in [3.05, 3.63) is 59.4 Å². The summed E-state index contributed by atoms with van der Waals surface area (Å²) in [5.74, 6) is 0.378. The van der Waals surface area contributed by atoms with Crippen molar-refractivity contribution in [3.8, 4) is 11.5 Å². The molecule has 5 rings (SSSR count). The van der Waals surface area contributed by atoms with E-state index in [0.29, 0.717) is 32.6 Å². The molecule has 16 heteroatoms. The summed E-state index contributed by atoms with van der Waals surface area (Å²) in [4.78, 5) is 23.2. The monoisotopic (exact) mass is 805 g/mol. The Labute approximate surface area is 326 Å². The molecule has 0 unspecified atom stereocenters. The average molecular weight is 806 g/mol. The maximum Gasteiger partial charge on any atom is 0.495 e. The summed E-state index contributed by atoms with van der Waals surface area (Å²) in [7, 11) is 4.21. The minimum absolute atomic E-state index is 0. The molecule has 2 aromatic rings. The molecule has 0 radical (unpaired) electrons. The third-order valence-corrected chi connectivity index (χ3v) is 11.2. The number of ether oxygens (including phenoxy) is 4. The van der Waals surface area contributed by atoms with E-state index in [0.717, 1.165) is 0 Å². The number of hydrogen-bond donors (Lipinski definition) is 0. The van der Waals surface area contributed by atoms with E-state index in [4.69, 9.17) is 42.1 Å². The van der Waals surface area contributed by atoms with Crippen LogP contribution in [0.3, 0.4) is 0 Å². The molecule has 0 aliphatic carbocycles. The molecule has 0 aromatic heterocycles. The highest BCUT2D eigenvalue weighted by molar-refractivity contribution is 9.10. The van der Waals surface area contributed by atoms with Gasteiger partial charge >= 0.3 is 33.1 Å². The molecular weight excluding hydrogens is 749 g/mol. The second-order valence-electron chi connectivity index (χ2n) is 15.6. The number of halogens is 1. The minimum atomic E-state index is -0.616. The highest BCUT2D eigenvalue weighted by Gasteiger charge is 2.63. The first-order valence-corrected chi connectivity index (χ1v) is 17.8. The smallest absolute Gasteiger partial charge is 0.495 e. The molecule has 3 fully saturated rings. The minimum Gasteiger partial charge on any atom is -0.497 e. The zero-order valence-electron chi connectivity index (χ0n) is 34.5. The van der Waals surface area contributed by atoms with Gasteiger partial charge < -0.3 is 54.3 Å². The van der Waals surface area contributed by atoms with Gasteiger partial charge in [-0.2, -0.15) is 0 Å². The van der Waals surface area contributed by atoms with Crippen LogP contribution in [-0.4, -0.2) is 95.1 Å². The Morgan fingerprint density at radius 1 is 0.528 bits per heavy atom. The summed E-state index contributed by atoms with van der Waals surface area (Å²) in [6.07, 6.45) is 0. The third kappa shape index (κ3) is 10.2. The molecule has 0 saturated carbocycles. The van der Waals surface area contributed by atoms with E-state index >= 15 is 0 Å². The Hall–Kier alpha value is -2.59. The van der Waals surface area contributed by atoms with Crippen molar-refractivity contribution < 1.29 is 56.5 Å². The van der Waals surface area contributed by atoms with Crippen molar-refractivity contribution in [2.24, 2.45) is 0 Å². The maximum atomic E-state index is 12.0. The zero-order valence-corrected chi connectivity index (χ0v) is 36.1. The Morgan fingerprint density at radius 2 is 0.849 bits per heavy atom. The van der Waals surface area contributed by atoms with Crippen molar-refractivity contribution in [1.29, 1.82) is 0 Å². The van der Waals surface area contributed by atoms with E-state index in [1.807, 2.05) is 83.1 Å². The largest absolute Gasteiger partial charge is 0.497 e. The van der Waals surface area contributed by atoms with Gasteiger partial charge in [0.25, 0.3) is 0 Å². The fraction of sp³-hybridized carbons (Fsp3) is 0.595. The van der Waals surface area contributed by atoms with Gasteiger partial charge in [0.2, 0.25) is 0 Å². The average Bonchev–Trinajstić information content (AvgIpc) is 3.53. The van der Waals surface area contributed by atoms with Gasteiger partial charge in [-0.1, -0.05) is 6.07 Å². The topological polar surface area (TPSA) is 126 Å². The molecule has 0 spiro atoms. The standard InChI is InChI=1S/C15H21BO5.C12H24B2O4.C9H9BrO3.CH3/c1-14(2)15(3,4)21-16(20-14)12-8-7-10(18-5)9-11(12)13(17)19-6;1-9(2)10(3,4)16-13(15-9)14-17-11(5,6)12(7,8)18-14;1-12-6-3-4-8(10)7(5-6)9(11)13-2;/h7-9H,1-6H3;1-8H3;3-5H,1-2H3;1H3/q;;;-1. The van der Waals surface area contributed by atoms with Crippen molar-refractivity contribution in [2.75, 3.05) is 28.4 Å². The molecule has 0 atom stereocenters. The lowest BCUT2D eigenvalue weighted by Crippen LogP contribution is -2.41. The van der Waals surface area contributed by atoms with Gasteiger partial charge in [0.15, 0.2) is 0 Å². The number of hydrogen-bond acceptors (Lipinski definition) is 12. The molecule has 12 nitrogen and oxygen atoms in total. The van der Waals surface area contributed by atoms with E-state index in [9.17, 15) is 9.59 Å². The lowest BCUT2D eigenvalue weighted by molar-refractivity contribution is 0.00578. The lowest BCUT2D eigenvalue weighted by atomic mass is 9.49. The third-order valence-electron chi connectivity index (χ3n) is 10.5. The summed E-state index contributed by atoms with van der Waals surface area (Å²) < 4.78 is 56.1. The van der Waals surface area contributed by atoms with E-state index in [-0.39, 0.29) is 35.8 Å². The highest BCUT2D eigenvalue weighted by atomic mass is 79.9. The number of methoxy groups -OCH3 is 4. The van der Waals surface area contributed by atoms with Crippen molar-refractivity contribution in [2.45, 2.75) is 117 Å². The Kier molecular flexibility index (Phi) is 15.0. The quantitative estimate of drug-likeness (QED) is 0.175. The number of benzene rings is 2. The van der Waals surface area contributed by atoms with Gasteiger partial charge in [0, 0.05) is 4.47 Å². The summed E-state index contributed by atoms with van der Waals surface area (Å²) in [6, 6.07) is 10.3. The fourth-order valence-electron chi connectivity index (χ4n) is 5.02. The normalized spacial score (nSPS) is 20.9. The van der Waals surface area contributed by atoms with Crippen LogP contribution >= 0.6 is 15.9 Å². The van der Waals surface area contributed by atoms with Crippen LogP contribution in [0.1, 0.15) is 104 Å². The van der Waals surface area contributed by atoms with Crippen molar-refractivity contribution in [3.63, 3.8) is 0 Å². The van der Waals surface area contributed by atoms with Gasteiger partial charge in [0.05, 0.1) is 73.2 Å². The first-order valence-electron chi connectivity index (χ1n) is 17.0. The number of rotatable bonds is 6. The predicted octanol–water partition coefficient (Wildman–Crippen LogP) is 6.72. The predicted molar refractivity (Wildman–Crippen MR) is 211 cm³/mol. The highest BCUT2D eigenvalue weighted by Crippen LogP contribution is 2.43. The molecule has 294 valence electrons. The van der Waals surface area contributed by atoms with Crippen LogP contribution in [-0.2, 0) is 37.4 Å². The molecule has 3 heterocycles. The van der Waals surface area contributed by atoms with Crippen molar-refractivity contribution >= 4 is 54.5 Å². The summed E-state index contributed by atoms with van der Waals surface area (Å²) in [5.41, 5.74) is -0.889. The fourth-order valence-corrected chi connectivity index (χ4v) is 5.43. The molecule has 0 N–H and O–H groups in total. The van der Waals surface area contributed by atoms with Crippen LogP contribution in [0, 0.1) is 7.43 Å². The number of esters is 2. The molecule has 3 saturated heterocycles. The van der Waals surface area contributed by atoms with Gasteiger partial charge in [-0.25, -0.2) is 9.59 Å². The molecule has 0 bridgehead atoms. The lowest BCUT2D eigenvalue weighted by Gasteiger charge is -2.32. The van der Waals surface area contributed by atoms with Crippen LogP contribution in [0.2, 0.25) is 0 Å².